The maximum Gasteiger partial charge on any atom is 0.234 e. The van der Waals surface area contributed by atoms with E-state index in [1.54, 1.807) is 7.05 Å². The molecule has 0 spiro atoms. The summed E-state index contributed by atoms with van der Waals surface area (Å²) in [6.45, 7) is 6.66. The van der Waals surface area contributed by atoms with Crippen LogP contribution < -0.4 is 10.6 Å². The first-order valence-corrected chi connectivity index (χ1v) is 7.89. The Morgan fingerprint density at radius 2 is 2.10 bits per heavy atom. The molecule has 1 fully saturated rings. The molecule has 1 amide bonds. The molecule has 0 aliphatic carbocycles. The van der Waals surface area contributed by atoms with Crippen molar-refractivity contribution in [3.8, 4) is 0 Å². The molecule has 0 saturated carbocycles. The number of rotatable bonds is 6. The molecule has 1 aliphatic rings. The van der Waals surface area contributed by atoms with Crippen LogP contribution in [0.15, 0.2) is 24.3 Å². The minimum atomic E-state index is 0.0406. The van der Waals surface area contributed by atoms with Gasteiger partial charge in [-0.25, -0.2) is 0 Å². The topological polar surface area (TPSA) is 44.4 Å². The summed E-state index contributed by atoms with van der Waals surface area (Å²) in [5.41, 5.74) is 2.55. The molecule has 1 aromatic carbocycles. The molecule has 1 atom stereocenters. The number of benzene rings is 1. The van der Waals surface area contributed by atoms with Crippen molar-refractivity contribution in [3.05, 3.63) is 35.4 Å². The second-order valence-electron chi connectivity index (χ2n) is 6.06. The van der Waals surface area contributed by atoms with Crippen LogP contribution in [-0.4, -0.2) is 37.5 Å². The van der Waals surface area contributed by atoms with Crippen LogP contribution in [0.4, 0.5) is 0 Å². The van der Waals surface area contributed by atoms with Crippen molar-refractivity contribution in [2.24, 2.45) is 5.92 Å². The van der Waals surface area contributed by atoms with Crippen molar-refractivity contribution in [1.82, 2.24) is 15.5 Å². The van der Waals surface area contributed by atoms with Gasteiger partial charge in [-0.2, -0.15) is 0 Å². The Bertz CT molecular complexity index is 461. The number of piperidine rings is 1. The first kappa shape index (κ1) is 16.0. The molecular formula is C17H27N3O. The van der Waals surface area contributed by atoms with E-state index in [-0.39, 0.29) is 5.91 Å². The lowest BCUT2D eigenvalue weighted by Gasteiger charge is -2.31. The monoisotopic (exact) mass is 289 g/mol. The fourth-order valence-corrected chi connectivity index (χ4v) is 2.97. The lowest BCUT2D eigenvalue weighted by Crippen LogP contribution is -2.35. The van der Waals surface area contributed by atoms with Crippen molar-refractivity contribution in [2.45, 2.75) is 32.9 Å². The van der Waals surface area contributed by atoms with E-state index < -0.39 is 0 Å². The molecule has 1 saturated heterocycles. The Morgan fingerprint density at radius 3 is 2.81 bits per heavy atom. The van der Waals surface area contributed by atoms with E-state index in [4.69, 9.17) is 0 Å². The van der Waals surface area contributed by atoms with E-state index >= 15 is 0 Å². The lowest BCUT2D eigenvalue weighted by atomic mass is 9.99. The summed E-state index contributed by atoms with van der Waals surface area (Å²) >= 11 is 0. The van der Waals surface area contributed by atoms with Crippen LogP contribution >= 0.6 is 0 Å². The van der Waals surface area contributed by atoms with Gasteiger partial charge in [-0.1, -0.05) is 31.2 Å². The van der Waals surface area contributed by atoms with Gasteiger partial charge in [0.25, 0.3) is 0 Å². The van der Waals surface area contributed by atoms with Gasteiger partial charge in [0.05, 0.1) is 6.54 Å². The smallest absolute Gasteiger partial charge is 0.234 e. The number of amides is 1. The van der Waals surface area contributed by atoms with Crippen LogP contribution in [0, 0.1) is 5.92 Å². The highest BCUT2D eigenvalue weighted by Gasteiger charge is 2.17. The highest BCUT2D eigenvalue weighted by atomic mass is 16.1. The predicted molar refractivity (Wildman–Crippen MR) is 85.9 cm³/mol. The van der Waals surface area contributed by atoms with Crippen LogP contribution in [0.1, 0.15) is 30.9 Å². The average Bonchev–Trinajstić information content (AvgIpc) is 2.47. The number of carbonyl (C=O) groups is 1. The molecule has 21 heavy (non-hydrogen) atoms. The third-order valence-corrected chi connectivity index (χ3v) is 4.07. The Hall–Kier alpha value is -1.39. The zero-order valence-corrected chi connectivity index (χ0v) is 13.2. The highest BCUT2D eigenvalue weighted by molar-refractivity contribution is 5.77. The normalized spacial score (nSPS) is 19.4. The lowest BCUT2D eigenvalue weighted by molar-refractivity contribution is -0.120. The number of nitrogens with zero attached hydrogens (tertiary/aromatic N) is 1. The average molecular weight is 289 g/mol. The SMILES string of the molecule is CNCC(=O)NCc1ccccc1CN1CCCC(C)C1. The van der Waals surface area contributed by atoms with E-state index in [0.717, 1.165) is 12.5 Å². The molecule has 0 bridgehead atoms. The van der Waals surface area contributed by atoms with Crippen molar-refractivity contribution >= 4 is 5.91 Å². The number of carbonyl (C=O) groups excluding carboxylic acids is 1. The van der Waals surface area contributed by atoms with Gasteiger partial charge in [0.1, 0.15) is 0 Å². The molecule has 1 unspecified atom stereocenters. The molecule has 1 aromatic rings. The van der Waals surface area contributed by atoms with Crippen molar-refractivity contribution < 1.29 is 4.79 Å². The second kappa shape index (κ2) is 8.15. The second-order valence-corrected chi connectivity index (χ2v) is 6.06. The van der Waals surface area contributed by atoms with Crippen molar-refractivity contribution in [1.29, 1.82) is 0 Å². The molecular weight excluding hydrogens is 262 g/mol. The Labute approximate surface area is 127 Å². The van der Waals surface area contributed by atoms with Gasteiger partial charge in [-0.15, -0.1) is 0 Å². The summed E-state index contributed by atoms with van der Waals surface area (Å²) in [7, 11) is 1.78. The first-order chi connectivity index (χ1) is 10.2. The number of hydrogen-bond donors (Lipinski definition) is 2. The number of likely N-dealkylation sites (tertiary alicyclic amines) is 1. The summed E-state index contributed by atoms with van der Waals surface area (Å²) < 4.78 is 0. The summed E-state index contributed by atoms with van der Waals surface area (Å²) in [6.07, 6.45) is 2.64. The number of likely N-dealkylation sites (N-methyl/N-ethyl adjacent to an activating group) is 1. The Balaban J connectivity index is 1.94. The highest BCUT2D eigenvalue weighted by Crippen LogP contribution is 2.19. The van der Waals surface area contributed by atoms with Crippen LogP contribution in [-0.2, 0) is 17.9 Å². The maximum absolute atomic E-state index is 11.6. The van der Waals surface area contributed by atoms with Gasteiger partial charge >= 0.3 is 0 Å². The standard InChI is InChI=1S/C17H27N3O/c1-14-6-5-9-20(12-14)13-16-8-4-3-7-15(16)10-19-17(21)11-18-2/h3-4,7-8,14,18H,5-6,9-13H2,1-2H3,(H,19,21). The quantitative estimate of drug-likeness (QED) is 0.838. The van der Waals surface area contributed by atoms with Gasteiger partial charge in [-0.3, -0.25) is 9.69 Å². The third kappa shape index (κ3) is 5.14. The van der Waals surface area contributed by atoms with Gasteiger partial charge in [0, 0.05) is 19.6 Å². The van der Waals surface area contributed by atoms with Crippen LogP contribution in [0.5, 0.6) is 0 Å². The third-order valence-electron chi connectivity index (χ3n) is 4.07. The van der Waals surface area contributed by atoms with Crippen LogP contribution in [0.3, 0.4) is 0 Å². The first-order valence-electron chi connectivity index (χ1n) is 7.89. The zero-order valence-electron chi connectivity index (χ0n) is 13.2. The molecule has 0 aromatic heterocycles. The molecule has 116 valence electrons. The molecule has 1 heterocycles. The largest absolute Gasteiger partial charge is 0.351 e. The van der Waals surface area contributed by atoms with Crippen LogP contribution in [0.2, 0.25) is 0 Å². The molecule has 4 nitrogen and oxygen atoms in total. The Kier molecular flexibility index (Phi) is 6.21. The van der Waals surface area contributed by atoms with E-state index in [1.165, 1.54) is 37.1 Å². The summed E-state index contributed by atoms with van der Waals surface area (Å²) in [5, 5.41) is 5.83. The van der Waals surface area contributed by atoms with Gasteiger partial charge in [-0.05, 0) is 43.5 Å². The minimum absolute atomic E-state index is 0.0406. The molecule has 4 heteroatoms. The summed E-state index contributed by atoms with van der Waals surface area (Å²) in [6, 6.07) is 8.42. The van der Waals surface area contributed by atoms with E-state index in [0.29, 0.717) is 13.1 Å². The zero-order chi connectivity index (χ0) is 15.1. The van der Waals surface area contributed by atoms with Crippen LogP contribution in [0.25, 0.3) is 0 Å². The number of hydrogen-bond acceptors (Lipinski definition) is 3. The summed E-state index contributed by atoms with van der Waals surface area (Å²) in [4.78, 5) is 14.1. The fraction of sp³-hybridized carbons (Fsp3) is 0.588. The van der Waals surface area contributed by atoms with E-state index in [1.807, 2.05) is 6.07 Å². The van der Waals surface area contributed by atoms with Crippen molar-refractivity contribution in [3.63, 3.8) is 0 Å². The molecule has 0 radical (unpaired) electrons. The van der Waals surface area contributed by atoms with E-state index in [2.05, 4.69) is 40.7 Å². The van der Waals surface area contributed by atoms with Crippen molar-refractivity contribution in [2.75, 3.05) is 26.7 Å². The Morgan fingerprint density at radius 1 is 1.33 bits per heavy atom. The maximum atomic E-state index is 11.6. The predicted octanol–water partition coefficient (Wildman–Crippen LogP) is 1.75. The minimum Gasteiger partial charge on any atom is -0.351 e. The van der Waals surface area contributed by atoms with Gasteiger partial charge < -0.3 is 10.6 Å². The van der Waals surface area contributed by atoms with Gasteiger partial charge in [0.15, 0.2) is 0 Å². The molecule has 1 aliphatic heterocycles. The van der Waals surface area contributed by atoms with Gasteiger partial charge in [0.2, 0.25) is 5.91 Å². The number of nitrogens with one attached hydrogen (secondary N) is 2. The van der Waals surface area contributed by atoms with E-state index in [9.17, 15) is 4.79 Å². The molecule has 2 N–H and O–H groups in total. The molecule has 2 rings (SSSR count). The fourth-order valence-electron chi connectivity index (χ4n) is 2.97. The summed E-state index contributed by atoms with van der Waals surface area (Å²) in [5.74, 6) is 0.833.